The molecule has 0 unspecified atom stereocenters. The topological polar surface area (TPSA) is 88.5 Å². The number of anilines is 1. The first-order valence-corrected chi connectivity index (χ1v) is 11.2. The van der Waals surface area contributed by atoms with Crippen molar-refractivity contribution in [2.75, 3.05) is 31.1 Å². The third-order valence-electron chi connectivity index (χ3n) is 5.38. The number of hydrogen-bond acceptors (Lipinski definition) is 6. The molecule has 174 valence electrons. The summed E-state index contributed by atoms with van der Waals surface area (Å²) >= 11 is 0. The predicted molar refractivity (Wildman–Crippen MR) is 126 cm³/mol. The van der Waals surface area contributed by atoms with E-state index in [0.29, 0.717) is 36.7 Å². The maximum atomic E-state index is 13.0. The molecule has 1 heterocycles. The Labute approximate surface area is 193 Å². The van der Waals surface area contributed by atoms with E-state index in [1.54, 1.807) is 53.4 Å². The fourth-order valence-corrected chi connectivity index (χ4v) is 3.48. The van der Waals surface area contributed by atoms with E-state index in [-0.39, 0.29) is 23.7 Å². The standard InChI is InChI=1S/C25H29N3O5/c1-4-7-16-32-19-14-12-18(13-15-19)25(31)33-26-23-20-10-8-9-11-21(20)28(24(23)30)17-22(29)27(5-2)6-3/h8-15H,4-7,16-17H2,1-3H3. The number of hydrogen-bond donors (Lipinski definition) is 0. The summed E-state index contributed by atoms with van der Waals surface area (Å²) in [6, 6.07) is 13.5. The van der Waals surface area contributed by atoms with Crippen LogP contribution in [0.3, 0.4) is 0 Å². The number of oxime groups is 1. The first-order chi connectivity index (χ1) is 16.0. The number of likely N-dealkylation sites (N-methyl/N-ethyl adjacent to an activating group) is 1. The molecule has 0 bridgehead atoms. The summed E-state index contributed by atoms with van der Waals surface area (Å²) in [6.07, 6.45) is 1.99. The molecule has 0 aliphatic carbocycles. The molecule has 0 atom stereocenters. The van der Waals surface area contributed by atoms with Gasteiger partial charge in [0.05, 0.1) is 17.9 Å². The number of fused-ring (bicyclic) bond motifs is 1. The zero-order chi connectivity index (χ0) is 23.8. The van der Waals surface area contributed by atoms with Crippen LogP contribution in [0, 0.1) is 0 Å². The molecule has 1 aliphatic rings. The first kappa shape index (κ1) is 24.0. The number of ether oxygens (including phenoxy) is 1. The lowest BCUT2D eigenvalue weighted by atomic mass is 10.1. The van der Waals surface area contributed by atoms with Gasteiger partial charge in [0.15, 0.2) is 5.71 Å². The minimum Gasteiger partial charge on any atom is -0.494 e. The number of unbranched alkanes of at least 4 members (excludes halogenated alkanes) is 1. The second-order valence-corrected chi connectivity index (χ2v) is 7.52. The predicted octanol–water partition coefficient (Wildman–Crippen LogP) is 3.64. The van der Waals surface area contributed by atoms with Crippen LogP contribution in [-0.4, -0.2) is 54.6 Å². The summed E-state index contributed by atoms with van der Waals surface area (Å²) in [5, 5.41) is 3.87. The molecule has 3 rings (SSSR count). The number of amides is 2. The van der Waals surface area contributed by atoms with Crippen molar-refractivity contribution in [1.82, 2.24) is 4.90 Å². The monoisotopic (exact) mass is 451 g/mol. The van der Waals surface area contributed by atoms with E-state index in [1.807, 2.05) is 13.8 Å². The number of para-hydroxylation sites is 1. The van der Waals surface area contributed by atoms with E-state index < -0.39 is 11.9 Å². The van der Waals surface area contributed by atoms with Crippen molar-refractivity contribution in [2.24, 2.45) is 5.16 Å². The zero-order valence-corrected chi connectivity index (χ0v) is 19.2. The van der Waals surface area contributed by atoms with Gasteiger partial charge in [0, 0.05) is 18.7 Å². The molecule has 2 aromatic rings. The quantitative estimate of drug-likeness (QED) is 0.313. The Balaban J connectivity index is 1.73. The summed E-state index contributed by atoms with van der Waals surface area (Å²) in [5.74, 6) is -0.669. The lowest BCUT2D eigenvalue weighted by Gasteiger charge is -2.23. The molecular weight excluding hydrogens is 422 g/mol. The summed E-state index contributed by atoms with van der Waals surface area (Å²) in [4.78, 5) is 46.2. The second-order valence-electron chi connectivity index (χ2n) is 7.52. The summed E-state index contributed by atoms with van der Waals surface area (Å²) in [5.41, 5.74) is 1.36. The highest BCUT2D eigenvalue weighted by atomic mass is 16.7. The van der Waals surface area contributed by atoms with Crippen LogP contribution in [-0.2, 0) is 14.4 Å². The van der Waals surface area contributed by atoms with Crippen LogP contribution in [0.5, 0.6) is 5.75 Å². The SMILES string of the molecule is CCCCOc1ccc(C(=O)ON=C2C(=O)N(CC(=O)N(CC)CC)c3ccccc32)cc1. The van der Waals surface area contributed by atoms with Crippen molar-refractivity contribution < 1.29 is 24.0 Å². The maximum Gasteiger partial charge on any atom is 0.365 e. The van der Waals surface area contributed by atoms with Crippen molar-refractivity contribution in [3.05, 3.63) is 59.7 Å². The van der Waals surface area contributed by atoms with Gasteiger partial charge >= 0.3 is 5.97 Å². The average molecular weight is 452 g/mol. The van der Waals surface area contributed by atoms with Gasteiger partial charge in [-0.2, -0.15) is 0 Å². The normalized spacial score (nSPS) is 13.7. The van der Waals surface area contributed by atoms with Gasteiger partial charge in [-0.1, -0.05) is 36.7 Å². The van der Waals surface area contributed by atoms with Crippen molar-refractivity contribution in [1.29, 1.82) is 0 Å². The Morgan fingerprint density at radius 2 is 1.70 bits per heavy atom. The molecule has 0 N–H and O–H groups in total. The largest absolute Gasteiger partial charge is 0.494 e. The van der Waals surface area contributed by atoms with E-state index >= 15 is 0 Å². The second kappa shape index (κ2) is 11.3. The summed E-state index contributed by atoms with van der Waals surface area (Å²) < 4.78 is 5.59. The minimum absolute atomic E-state index is 0.00850. The Kier molecular flexibility index (Phi) is 8.18. The van der Waals surface area contributed by atoms with Gasteiger partial charge in [-0.05, 0) is 50.6 Å². The maximum absolute atomic E-state index is 13.0. The number of benzene rings is 2. The van der Waals surface area contributed by atoms with Gasteiger partial charge < -0.3 is 14.5 Å². The Bertz CT molecular complexity index is 1030. The Morgan fingerprint density at radius 1 is 1.00 bits per heavy atom. The van der Waals surface area contributed by atoms with Gasteiger partial charge in [-0.15, -0.1) is 0 Å². The first-order valence-electron chi connectivity index (χ1n) is 11.2. The third-order valence-corrected chi connectivity index (χ3v) is 5.38. The van der Waals surface area contributed by atoms with Gasteiger partial charge in [-0.25, -0.2) is 4.79 Å². The number of nitrogens with zero attached hydrogens (tertiary/aromatic N) is 3. The van der Waals surface area contributed by atoms with E-state index in [2.05, 4.69) is 12.1 Å². The number of carbonyl (C=O) groups excluding carboxylic acids is 3. The molecule has 0 radical (unpaired) electrons. The Morgan fingerprint density at radius 3 is 2.36 bits per heavy atom. The molecule has 2 aromatic carbocycles. The number of carbonyl (C=O) groups is 3. The van der Waals surface area contributed by atoms with E-state index in [4.69, 9.17) is 9.57 Å². The average Bonchev–Trinajstić information content (AvgIpc) is 3.09. The van der Waals surface area contributed by atoms with Crippen LogP contribution >= 0.6 is 0 Å². The van der Waals surface area contributed by atoms with Crippen LogP contribution in [0.2, 0.25) is 0 Å². The van der Waals surface area contributed by atoms with E-state index in [0.717, 1.165) is 12.8 Å². The lowest BCUT2D eigenvalue weighted by molar-refractivity contribution is -0.130. The van der Waals surface area contributed by atoms with Gasteiger partial charge in [0.25, 0.3) is 5.91 Å². The minimum atomic E-state index is -0.689. The molecule has 0 spiro atoms. The highest BCUT2D eigenvalue weighted by molar-refractivity contribution is 6.54. The van der Waals surface area contributed by atoms with Crippen LogP contribution < -0.4 is 9.64 Å². The highest BCUT2D eigenvalue weighted by Gasteiger charge is 2.36. The van der Waals surface area contributed by atoms with Gasteiger partial charge in [0.1, 0.15) is 12.3 Å². The smallest absolute Gasteiger partial charge is 0.365 e. The fourth-order valence-electron chi connectivity index (χ4n) is 3.48. The van der Waals surface area contributed by atoms with Crippen LogP contribution in [0.15, 0.2) is 53.7 Å². The molecular formula is C25H29N3O5. The zero-order valence-electron chi connectivity index (χ0n) is 19.2. The molecule has 8 heteroatoms. The van der Waals surface area contributed by atoms with Crippen LogP contribution in [0.4, 0.5) is 5.69 Å². The van der Waals surface area contributed by atoms with Gasteiger partial charge in [0.2, 0.25) is 5.91 Å². The van der Waals surface area contributed by atoms with Crippen molar-refractivity contribution in [2.45, 2.75) is 33.6 Å². The molecule has 0 fully saturated rings. The highest BCUT2D eigenvalue weighted by Crippen LogP contribution is 2.29. The molecule has 0 saturated heterocycles. The number of rotatable bonds is 10. The summed E-state index contributed by atoms with van der Waals surface area (Å²) in [6.45, 7) is 7.47. The van der Waals surface area contributed by atoms with E-state index in [9.17, 15) is 14.4 Å². The molecule has 0 aromatic heterocycles. The van der Waals surface area contributed by atoms with E-state index in [1.165, 1.54) is 4.90 Å². The molecule has 0 saturated carbocycles. The van der Waals surface area contributed by atoms with Crippen molar-refractivity contribution in [3.8, 4) is 5.75 Å². The fraction of sp³-hybridized carbons (Fsp3) is 0.360. The third kappa shape index (κ3) is 5.58. The van der Waals surface area contributed by atoms with Crippen LogP contribution in [0.1, 0.15) is 49.5 Å². The molecule has 1 aliphatic heterocycles. The lowest BCUT2D eigenvalue weighted by Crippen LogP contribution is -2.42. The van der Waals surface area contributed by atoms with Crippen LogP contribution in [0.25, 0.3) is 0 Å². The molecule has 2 amide bonds. The van der Waals surface area contributed by atoms with Crippen molar-refractivity contribution >= 4 is 29.2 Å². The van der Waals surface area contributed by atoms with Crippen molar-refractivity contribution in [3.63, 3.8) is 0 Å². The van der Waals surface area contributed by atoms with Gasteiger partial charge in [-0.3, -0.25) is 14.5 Å². The molecule has 8 nitrogen and oxygen atoms in total. The molecule has 33 heavy (non-hydrogen) atoms. The summed E-state index contributed by atoms with van der Waals surface area (Å²) in [7, 11) is 0. The Hall–Kier alpha value is -3.68.